The van der Waals surface area contributed by atoms with E-state index in [2.05, 4.69) is 25.8 Å². The second kappa shape index (κ2) is 12.5. The van der Waals surface area contributed by atoms with Gasteiger partial charge in [0.1, 0.15) is 37.5 Å². The molecular weight excluding hydrogens is 691 g/mol. The van der Waals surface area contributed by atoms with Crippen LogP contribution >= 0.6 is 0 Å². The van der Waals surface area contributed by atoms with E-state index in [0.29, 0.717) is 16.6 Å². The molecule has 48 heavy (non-hydrogen) atoms. The first kappa shape index (κ1) is 34.3. The zero-order chi connectivity index (χ0) is 35.2. The number of hydrogen-bond donors (Lipinski definition) is 5. The van der Waals surface area contributed by atoms with E-state index < -0.39 is 56.5 Å². The van der Waals surface area contributed by atoms with Crippen LogP contribution in [0.1, 0.15) is 5.56 Å². The van der Waals surface area contributed by atoms with Crippen molar-refractivity contribution in [1.82, 2.24) is 0 Å². The van der Waals surface area contributed by atoms with Crippen LogP contribution in [0.25, 0.3) is 21.5 Å². The van der Waals surface area contributed by atoms with E-state index in [0.717, 1.165) is 18.2 Å². The number of nitrogens with zero attached hydrogens (tertiary/aromatic N) is 4. The average molecular weight is 716 g/mol. The molecule has 19 heteroatoms. The highest BCUT2D eigenvalue weighted by atomic mass is 32.2. The Morgan fingerprint density at radius 1 is 0.667 bits per heavy atom. The third-order valence-corrected chi connectivity index (χ3v) is 9.85. The maximum absolute atomic E-state index is 12.4. The Morgan fingerprint density at radius 3 is 1.96 bits per heavy atom. The lowest BCUT2D eigenvalue weighted by Crippen LogP contribution is -2.03. The van der Waals surface area contributed by atoms with Gasteiger partial charge in [-0.2, -0.15) is 30.4 Å². The lowest BCUT2D eigenvalue weighted by Gasteiger charge is -2.11. The summed E-state index contributed by atoms with van der Waals surface area (Å²) in [7, 11) is -11.7. The number of nitrogens with one attached hydrogen (secondary N) is 1. The molecule has 5 aromatic rings. The quantitative estimate of drug-likeness (QED) is 0.0796. The molecule has 0 aliphatic heterocycles. The van der Waals surface area contributed by atoms with Gasteiger partial charge in [0.05, 0.1) is 12.8 Å². The number of phenolic OH excluding ortho intramolecular Hbond substituents is 1. The first-order valence-electron chi connectivity index (χ1n) is 13.4. The minimum atomic E-state index is -4.99. The van der Waals surface area contributed by atoms with E-state index >= 15 is 0 Å². The first-order valence-corrected chi connectivity index (χ1v) is 17.7. The number of ether oxygens (including phenoxy) is 1. The fraction of sp³-hybridized carbons (Fsp3) is 0.103. The number of phenols is 1. The van der Waals surface area contributed by atoms with Crippen LogP contribution in [0, 0.1) is 6.92 Å². The van der Waals surface area contributed by atoms with Gasteiger partial charge in [-0.15, -0.1) is 15.3 Å². The van der Waals surface area contributed by atoms with Crippen molar-refractivity contribution < 1.29 is 48.8 Å². The van der Waals surface area contributed by atoms with Crippen molar-refractivity contribution in [1.29, 1.82) is 0 Å². The van der Waals surface area contributed by atoms with Crippen LogP contribution in [0.15, 0.2) is 102 Å². The molecule has 0 spiro atoms. The summed E-state index contributed by atoms with van der Waals surface area (Å²) >= 11 is 0. The monoisotopic (exact) mass is 715 g/mol. The fourth-order valence-corrected chi connectivity index (χ4v) is 7.07. The van der Waals surface area contributed by atoms with E-state index in [4.69, 9.17) is 4.74 Å². The zero-order valence-electron chi connectivity index (χ0n) is 25.0. The normalized spacial score (nSPS) is 12.8. The standard InChI is InChI=1S/C29H25N5O11S3/c1-15-11-23(33-34-27-26(47(39,40)41)12-16-7-8-17(30-2)13-20(16)28(27)35)24(45-3)14-22(15)32-31-21-10-9-18-19(29(21)48(42,43)44)5-4-6-25(18)46(36,37)38/h4-14,30,35H,1-3H3,(H,36,37,38)(H,39,40,41)(H,42,43,44). The smallest absolute Gasteiger partial charge is 0.297 e. The number of azo groups is 2. The number of hydrogen-bond acceptors (Lipinski definition) is 13. The van der Waals surface area contributed by atoms with Crippen LogP contribution in [-0.2, 0) is 30.4 Å². The Labute approximate surface area is 273 Å². The third kappa shape index (κ3) is 6.68. The molecule has 250 valence electrons. The predicted octanol–water partition coefficient (Wildman–Crippen LogP) is 6.63. The highest BCUT2D eigenvalue weighted by molar-refractivity contribution is 7.86. The Bertz CT molecular complexity index is 2540. The molecule has 5 aromatic carbocycles. The van der Waals surface area contributed by atoms with Crippen molar-refractivity contribution in [3.05, 3.63) is 72.3 Å². The maximum Gasteiger partial charge on any atom is 0.297 e. The maximum atomic E-state index is 12.4. The van der Waals surface area contributed by atoms with Crippen LogP contribution in [0.4, 0.5) is 28.4 Å². The van der Waals surface area contributed by atoms with Gasteiger partial charge in [0.2, 0.25) is 0 Å². The molecule has 5 N–H and O–H groups in total. The van der Waals surface area contributed by atoms with Crippen LogP contribution in [-0.4, -0.2) is 58.2 Å². The van der Waals surface area contributed by atoms with Gasteiger partial charge in [-0.25, -0.2) is 0 Å². The zero-order valence-corrected chi connectivity index (χ0v) is 27.5. The summed E-state index contributed by atoms with van der Waals surface area (Å²) in [5, 5.41) is 30.0. The van der Waals surface area contributed by atoms with Crippen molar-refractivity contribution in [2.75, 3.05) is 19.5 Å². The lowest BCUT2D eigenvalue weighted by molar-refractivity contribution is 0.416. The molecule has 0 unspecified atom stereocenters. The molecular formula is C29H25N5O11S3. The molecule has 0 fully saturated rings. The van der Waals surface area contributed by atoms with Crippen molar-refractivity contribution in [3.63, 3.8) is 0 Å². The summed E-state index contributed by atoms with van der Waals surface area (Å²) < 4.78 is 108. The molecule has 0 saturated carbocycles. The summed E-state index contributed by atoms with van der Waals surface area (Å²) in [6.45, 7) is 1.58. The number of fused-ring (bicyclic) bond motifs is 2. The lowest BCUT2D eigenvalue weighted by atomic mass is 10.1. The van der Waals surface area contributed by atoms with E-state index in [-0.39, 0.29) is 39.0 Å². The first-order chi connectivity index (χ1) is 22.4. The second-order valence-corrected chi connectivity index (χ2v) is 14.3. The molecule has 0 aromatic heterocycles. The summed E-state index contributed by atoms with van der Waals surface area (Å²) in [5.41, 5.74) is 0.273. The van der Waals surface area contributed by atoms with Crippen LogP contribution < -0.4 is 10.1 Å². The molecule has 0 bridgehead atoms. The molecule has 0 atom stereocenters. The van der Waals surface area contributed by atoms with Gasteiger partial charge in [0.15, 0.2) is 5.75 Å². The van der Waals surface area contributed by atoms with E-state index in [1.165, 1.54) is 37.4 Å². The highest BCUT2D eigenvalue weighted by Crippen LogP contribution is 2.44. The van der Waals surface area contributed by atoms with Crippen LogP contribution in [0.5, 0.6) is 11.5 Å². The molecule has 0 radical (unpaired) electrons. The van der Waals surface area contributed by atoms with E-state index in [9.17, 15) is 44.0 Å². The average Bonchev–Trinajstić information content (AvgIpc) is 3.01. The van der Waals surface area contributed by atoms with Gasteiger partial charge in [-0.3, -0.25) is 13.7 Å². The Balaban J connectivity index is 1.60. The van der Waals surface area contributed by atoms with Crippen molar-refractivity contribution >= 4 is 80.3 Å². The number of aryl methyl sites for hydroxylation is 1. The van der Waals surface area contributed by atoms with Gasteiger partial charge in [-0.05, 0) is 54.3 Å². The topological polar surface area (TPSA) is 254 Å². The third-order valence-electron chi connectivity index (χ3n) is 7.13. The molecule has 0 saturated heterocycles. The SMILES string of the molecule is CNc1ccc2cc(S(=O)(=O)O)c(N=Nc3cc(C)c(N=Nc4ccc5c(S(=O)(=O)O)cccc5c4S(=O)(=O)O)cc3OC)c(O)c2c1. The predicted molar refractivity (Wildman–Crippen MR) is 175 cm³/mol. The number of rotatable bonds is 9. The summed E-state index contributed by atoms with van der Waals surface area (Å²) in [6, 6.07) is 14.4. The van der Waals surface area contributed by atoms with Crippen LogP contribution in [0.3, 0.4) is 0 Å². The number of anilines is 1. The number of benzene rings is 5. The van der Waals surface area contributed by atoms with Gasteiger partial charge in [-0.1, -0.05) is 24.3 Å². The largest absolute Gasteiger partial charge is 0.505 e. The summed E-state index contributed by atoms with van der Waals surface area (Å²) in [4.78, 5) is -2.03. The Morgan fingerprint density at radius 2 is 1.33 bits per heavy atom. The molecule has 0 heterocycles. The molecule has 0 amide bonds. The van der Waals surface area contributed by atoms with Gasteiger partial charge in [0, 0.05) is 35.0 Å². The van der Waals surface area contributed by atoms with Gasteiger partial charge in [0.25, 0.3) is 30.4 Å². The second-order valence-electron chi connectivity index (χ2n) is 10.2. The van der Waals surface area contributed by atoms with E-state index in [1.807, 2.05) is 0 Å². The van der Waals surface area contributed by atoms with Crippen molar-refractivity contribution in [2.24, 2.45) is 20.5 Å². The number of methoxy groups -OCH3 is 1. The van der Waals surface area contributed by atoms with Crippen molar-refractivity contribution in [2.45, 2.75) is 21.6 Å². The summed E-state index contributed by atoms with van der Waals surface area (Å²) in [5.74, 6) is -0.522. The van der Waals surface area contributed by atoms with Gasteiger partial charge >= 0.3 is 0 Å². The summed E-state index contributed by atoms with van der Waals surface area (Å²) in [6.07, 6.45) is 0. The van der Waals surface area contributed by atoms with Crippen LogP contribution in [0.2, 0.25) is 0 Å². The van der Waals surface area contributed by atoms with Crippen molar-refractivity contribution in [3.8, 4) is 11.5 Å². The molecule has 0 aliphatic carbocycles. The molecule has 16 nitrogen and oxygen atoms in total. The highest BCUT2D eigenvalue weighted by Gasteiger charge is 2.25. The molecule has 5 rings (SSSR count). The number of aromatic hydroxyl groups is 1. The van der Waals surface area contributed by atoms with E-state index in [1.54, 1.807) is 32.2 Å². The minimum absolute atomic E-state index is 0.0377. The Hall–Kier alpha value is -5.05. The molecule has 0 aliphatic rings. The van der Waals surface area contributed by atoms with Gasteiger partial charge < -0.3 is 15.2 Å². The fourth-order valence-electron chi connectivity index (χ4n) is 4.88. The minimum Gasteiger partial charge on any atom is -0.505 e. The Kier molecular flexibility index (Phi) is 8.95.